The fraction of sp³-hybridized carbons (Fsp3) is 0.333. The number of aromatic hydroxyl groups is 1. The lowest BCUT2D eigenvalue weighted by atomic mass is 10.1. The van der Waals surface area contributed by atoms with Crippen molar-refractivity contribution < 1.29 is 28.3 Å². The topological polar surface area (TPSA) is 133 Å². The predicted octanol–water partition coefficient (Wildman–Crippen LogP) is 4.34. The number of nitrogens with two attached hydrogens (primary N) is 1. The van der Waals surface area contributed by atoms with Gasteiger partial charge in [-0.05, 0) is 39.1 Å². The van der Waals surface area contributed by atoms with Crippen LogP contribution < -0.4 is 15.3 Å². The molecule has 0 saturated heterocycles. The average molecular weight is 487 g/mol. The number of hydrogen-bond donors (Lipinski definition) is 3. The molecule has 1 heterocycles. The van der Waals surface area contributed by atoms with Crippen LogP contribution in [0, 0.1) is 6.92 Å². The van der Waals surface area contributed by atoms with Gasteiger partial charge in [0.15, 0.2) is 0 Å². The first-order valence-corrected chi connectivity index (χ1v) is 12.4. The fourth-order valence-corrected chi connectivity index (χ4v) is 4.80. The van der Waals surface area contributed by atoms with Crippen LogP contribution in [0.5, 0.6) is 11.5 Å². The van der Waals surface area contributed by atoms with Crippen molar-refractivity contribution >= 4 is 24.5 Å². The van der Waals surface area contributed by atoms with Gasteiger partial charge in [-0.1, -0.05) is 36.4 Å². The minimum atomic E-state index is -4.12. The molecule has 0 aliphatic carbocycles. The number of hydrogen-bond acceptors (Lipinski definition) is 8. The van der Waals surface area contributed by atoms with Gasteiger partial charge in [0.1, 0.15) is 17.5 Å². The summed E-state index contributed by atoms with van der Waals surface area (Å²) in [7, 11) is -4.12. The van der Waals surface area contributed by atoms with Gasteiger partial charge in [-0.2, -0.15) is 5.09 Å². The fourth-order valence-electron chi connectivity index (χ4n) is 3.31. The van der Waals surface area contributed by atoms with Crippen LogP contribution in [0.25, 0.3) is 10.8 Å². The number of pyridine rings is 1. The highest BCUT2D eigenvalue weighted by atomic mass is 31.2. The second-order valence-electron chi connectivity index (χ2n) is 8.08. The minimum absolute atomic E-state index is 0.0346. The van der Waals surface area contributed by atoms with Gasteiger partial charge < -0.3 is 20.1 Å². The van der Waals surface area contributed by atoms with Gasteiger partial charge in [0.2, 0.25) is 0 Å². The molecule has 9 nitrogen and oxygen atoms in total. The molecular weight excluding hydrogens is 457 g/mol. The summed E-state index contributed by atoms with van der Waals surface area (Å²) in [5, 5.41) is 14.6. The first-order valence-electron chi connectivity index (χ1n) is 10.9. The highest BCUT2D eigenvalue weighted by Gasteiger charge is 2.33. The van der Waals surface area contributed by atoms with Crippen molar-refractivity contribution in [1.82, 2.24) is 10.1 Å². The first-order chi connectivity index (χ1) is 16.1. The van der Waals surface area contributed by atoms with E-state index in [0.29, 0.717) is 22.6 Å². The highest BCUT2D eigenvalue weighted by molar-refractivity contribution is 7.52. The molecular formula is C24H30N3O6P. The molecule has 0 amide bonds. The number of fused-ring (bicyclic) bond motifs is 1. The Morgan fingerprint density at radius 1 is 1.18 bits per heavy atom. The van der Waals surface area contributed by atoms with Crippen molar-refractivity contribution in [3.63, 3.8) is 0 Å². The van der Waals surface area contributed by atoms with Crippen molar-refractivity contribution in [2.24, 2.45) is 5.73 Å². The lowest BCUT2D eigenvalue weighted by Crippen LogP contribution is -2.36. The van der Waals surface area contributed by atoms with E-state index in [2.05, 4.69) is 10.1 Å². The highest BCUT2D eigenvalue weighted by Crippen LogP contribution is 2.47. The van der Waals surface area contributed by atoms with Gasteiger partial charge in [-0.15, -0.1) is 0 Å². The number of esters is 1. The van der Waals surface area contributed by atoms with Crippen LogP contribution in [0.3, 0.4) is 0 Å². The monoisotopic (exact) mass is 487 g/mol. The summed E-state index contributed by atoms with van der Waals surface area (Å²) in [5.74, 6) is -0.324. The third kappa shape index (κ3) is 6.12. The smallest absolute Gasteiger partial charge is 0.459 e. The van der Waals surface area contributed by atoms with Gasteiger partial charge in [0.25, 0.3) is 0 Å². The number of benzene rings is 2. The Balaban J connectivity index is 1.92. The minimum Gasteiger partial charge on any atom is -0.506 e. The van der Waals surface area contributed by atoms with E-state index in [-0.39, 0.29) is 25.0 Å². The van der Waals surface area contributed by atoms with Gasteiger partial charge in [0.05, 0.1) is 18.4 Å². The lowest BCUT2D eigenvalue weighted by molar-refractivity contribution is -0.149. The number of ether oxygens (including phenoxy) is 1. The molecule has 0 radical (unpaired) electrons. The van der Waals surface area contributed by atoms with E-state index in [1.54, 1.807) is 32.9 Å². The Hall–Kier alpha value is -2.97. The molecule has 3 aromatic rings. The van der Waals surface area contributed by atoms with Crippen molar-refractivity contribution in [3.05, 3.63) is 65.5 Å². The zero-order chi connectivity index (χ0) is 24.9. The van der Waals surface area contributed by atoms with Gasteiger partial charge in [0, 0.05) is 29.3 Å². The molecule has 1 unspecified atom stereocenters. The third-order valence-electron chi connectivity index (χ3n) is 5.05. The summed E-state index contributed by atoms with van der Waals surface area (Å²) in [4.78, 5) is 16.5. The summed E-state index contributed by atoms with van der Waals surface area (Å²) in [5.41, 5.74) is 7.09. The van der Waals surface area contributed by atoms with Crippen LogP contribution in [-0.2, 0) is 31.8 Å². The first kappa shape index (κ1) is 25.6. The quantitative estimate of drug-likeness (QED) is 0.282. The maximum absolute atomic E-state index is 13.9. The van der Waals surface area contributed by atoms with E-state index in [4.69, 9.17) is 19.5 Å². The average Bonchev–Trinajstić information content (AvgIpc) is 2.79. The van der Waals surface area contributed by atoms with Crippen LogP contribution in [0.15, 0.2) is 48.7 Å². The lowest BCUT2D eigenvalue weighted by Gasteiger charge is -2.24. The van der Waals surface area contributed by atoms with E-state index >= 15 is 0 Å². The molecule has 2 aromatic carbocycles. The summed E-state index contributed by atoms with van der Waals surface area (Å²) >= 11 is 0. The Morgan fingerprint density at radius 3 is 2.59 bits per heavy atom. The number of aromatic nitrogens is 1. The number of aryl methyl sites for hydroxylation is 1. The Morgan fingerprint density at radius 2 is 1.88 bits per heavy atom. The van der Waals surface area contributed by atoms with Crippen molar-refractivity contribution in [1.29, 1.82) is 0 Å². The Kier molecular flexibility index (Phi) is 8.28. The predicted molar refractivity (Wildman–Crippen MR) is 129 cm³/mol. The molecule has 0 aliphatic rings. The molecule has 3 rings (SSSR count). The summed E-state index contributed by atoms with van der Waals surface area (Å²) in [6.45, 7) is 6.41. The molecule has 0 spiro atoms. The standard InChI is InChI=1S/C24H30N3O6P/c1-15(2)32-24(29)17(4)27-34(30,31-14-19-13-26-16(3)23(28)21(19)12-25)33-22-11-7-9-18-8-5-6-10-20(18)22/h5-11,13,15,17,28H,12,14,25H2,1-4H3,(H,27,30)/t17-,34?/m0/s1. The van der Waals surface area contributed by atoms with Crippen molar-refractivity contribution in [3.8, 4) is 11.5 Å². The molecule has 0 bridgehead atoms. The largest absolute Gasteiger partial charge is 0.506 e. The number of rotatable bonds is 10. The van der Waals surface area contributed by atoms with Crippen molar-refractivity contribution in [2.75, 3.05) is 0 Å². The SMILES string of the molecule is Cc1ncc(COP(=O)(N[C@@H](C)C(=O)OC(C)C)Oc2cccc3ccccc23)c(CN)c1O. The van der Waals surface area contributed by atoms with E-state index < -0.39 is 19.8 Å². The summed E-state index contributed by atoms with van der Waals surface area (Å²) in [6.07, 6.45) is 1.15. The molecule has 10 heteroatoms. The van der Waals surface area contributed by atoms with Crippen LogP contribution in [-0.4, -0.2) is 28.2 Å². The number of carbonyl (C=O) groups is 1. The normalized spacial score (nSPS) is 14.1. The van der Waals surface area contributed by atoms with Crippen LogP contribution >= 0.6 is 7.75 Å². The molecule has 1 aromatic heterocycles. The third-order valence-corrected chi connectivity index (χ3v) is 6.66. The molecule has 0 aliphatic heterocycles. The van der Waals surface area contributed by atoms with Gasteiger partial charge in [-0.25, -0.2) is 4.57 Å². The zero-order valence-corrected chi connectivity index (χ0v) is 20.5. The number of nitrogens with one attached hydrogen (secondary N) is 1. The Bertz CT molecular complexity index is 1210. The zero-order valence-electron chi connectivity index (χ0n) is 19.6. The molecule has 34 heavy (non-hydrogen) atoms. The molecule has 0 fully saturated rings. The van der Waals surface area contributed by atoms with Gasteiger partial charge >= 0.3 is 13.7 Å². The molecule has 4 N–H and O–H groups in total. The molecule has 0 saturated carbocycles. The van der Waals surface area contributed by atoms with Crippen LogP contribution in [0.4, 0.5) is 0 Å². The second-order valence-corrected chi connectivity index (χ2v) is 9.77. The maximum Gasteiger partial charge on any atom is 0.459 e. The maximum atomic E-state index is 13.9. The number of carbonyl (C=O) groups excluding carboxylic acids is 1. The summed E-state index contributed by atoms with van der Waals surface area (Å²) in [6, 6.07) is 11.8. The van der Waals surface area contributed by atoms with Gasteiger partial charge in [-0.3, -0.25) is 14.3 Å². The van der Waals surface area contributed by atoms with Crippen molar-refractivity contribution in [2.45, 2.75) is 53.0 Å². The van der Waals surface area contributed by atoms with E-state index in [9.17, 15) is 14.5 Å². The Labute approximate surface area is 198 Å². The molecule has 182 valence electrons. The summed E-state index contributed by atoms with van der Waals surface area (Å²) < 4.78 is 30.7. The van der Waals surface area contributed by atoms with E-state index in [1.165, 1.54) is 13.1 Å². The van der Waals surface area contributed by atoms with Crippen LogP contribution in [0.2, 0.25) is 0 Å². The van der Waals surface area contributed by atoms with Crippen LogP contribution in [0.1, 0.15) is 37.6 Å². The molecule has 2 atom stereocenters. The second kappa shape index (κ2) is 11.0. The van der Waals surface area contributed by atoms with E-state index in [1.807, 2.05) is 30.3 Å². The number of nitrogens with zero attached hydrogens (tertiary/aromatic N) is 1. The van der Waals surface area contributed by atoms with E-state index in [0.717, 1.165) is 10.8 Å².